The summed E-state index contributed by atoms with van der Waals surface area (Å²) in [5.74, 6) is 1.10. The number of hydrogen-bond donors (Lipinski definition) is 1. The molecule has 0 amide bonds. The molecule has 122 valence electrons. The van der Waals surface area contributed by atoms with Gasteiger partial charge in [0, 0.05) is 13.1 Å². The van der Waals surface area contributed by atoms with Crippen LogP contribution in [0.3, 0.4) is 0 Å². The third kappa shape index (κ3) is 5.08. The first kappa shape index (κ1) is 17.5. The lowest BCUT2D eigenvalue weighted by molar-refractivity contribution is 0.324. The standard InChI is InChI=1S/C18H19BrFNO2/c1-3-8-23-18-16(19)9-14(10-17(18)22-2)12-21-11-13-4-6-15(20)7-5-13/h3-7,9-10,21H,1,8,11-12H2,2H3. The minimum Gasteiger partial charge on any atom is -0.493 e. The molecule has 23 heavy (non-hydrogen) atoms. The summed E-state index contributed by atoms with van der Waals surface area (Å²) < 4.78 is 24.7. The summed E-state index contributed by atoms with van der Waals surface area (Å²) in [4.78, 5) is 0. The second-order valence-corrected chi connectivity index (χ2v) is 5.79. The number of benzene rings is 2. The van der Waals surface area contributed by atoms with Crippen LogP contribution in [0.25, 0.3) is 0 Å². The molecule has 0 saturated carbocycles. The fourth-order valence-electron chi connectivity index (χ4n) is 2.11. The first-order valence-electron chi connectivity index (χ1n) is 7.19. The molecule has 0 aliphatic rings. The molecule has 0 spiro atoms. The number of nitrogens with one attached hydrogen (secondary N) is 1. The van der Waals surface area contributed by atoms with Crippen molar-refractivity contribution in [1.29, 1.82) is 0 Å². The number of rotatable bonds is 8. The highest BCUT2D eigenvalue weighted by Crippen LogP contribution is 2.36. The van der Waals surface area contributed by atoms with Crippen LogP contribution in [-0.4, -0.2) is 13.7 Å². The van der Waals surface area contributed by atoms with Crippen molar-refractivity contribution in [3.63, 3.8) is 0 Å². The van der Waals surface area contributed by atoms with E-state index in [1.165, 1.54) is 12.1 Å². The van der Waals surface area contributed by atoms with E-state index < -0.39 is 0 Å². The average Bonchev–Trinajstić information content (AvgIpc) is 2.55. The van der Waals surface area contributed by atoms with Crippen molar-refractivity contribution in [3.8, 4) is 11.5 Å². The molecule has 0 unspecified atom stereocenters. The first-order valence-corrected chi connectivity index (χ1v) is 7.98. The van der Waals surface area contributed by atoms with Crippen LogP contribution in [0.4, 0.5) is 4.39 Å². The number of halogens is 2. The van der Waals surface area contributed by atoms with Crippen LogP contribution in [0.2, 0.25) is 0 Å². The Morgan fingerprint density at radius 1 is 1.17 bits per heavy atom. The zero-order valence-corrected chi connectivity index (χ0v) is 14.5. The molecular formula is C18H19BrFNO2. The van der Waals surface area contributed by atoms with Gasteiger partial charge in [0.05, 0.1) is 11.6 Å². The van der Waals surface area contributed by atoms with Gasteiger partial charge in [-0.2, -0.15) is 0 Å². The second-order valence-electron chi connectivity index (χ2n) is 4.94. The SMILES string of the molecule is C=CCOc1c(Br)cc(CNCc2ccc(F)cc2)cc1OC. The summed E-state index contributed by atoms with van der Waals surface area (Å²) >= 11 is 3.51. The van der Waals surface area contributed by atoms with E-state index in [0.717, 1.165) is 15.6 Å². The topological polar surface area (TPSA) is 30.5 Å². The maximum atomic E-state index is 12.9. The first-order chi connectivity index (χ1) is 11.1. The van der Waals surface area contributed by atoms with E-state index in [-0.39, 0.29) is 5.82 Å². The van der Waals surface area contributed by atoms with Gasteiger partial charge < -0.3 is 14.8 Å². The summed E-state index contributed by atoms with van der Waals surface area (Å²) in [6.45, 7) is 5.37. The molecule has 5 heteroatoms. The Labute approximate surface area is 144 Å². The zero-order valence-electron chi connectivity index (χ0n) is 12.9. The molecule has 0 heterocycles. The van der Waals surface area contributed by atoms with Crippen molar-refractivity contribution >= 4 is 15.9 Å². The van der Waals surface area contributed by atoms with Crippen LogP contribution >= 0.6 is 15.9 Å². The monoisotopic (exact) mass is 379 g/mol. The van der Waals surface area contributed by atoms with Crippen molar-refractivity contribution in [2.24, 2.45) is 0 Å². The molecule has 0 saturated heterocycles. The van der Waals surface area contributed by atoms with Crippen molar-refractivity contribution in [2.75, 3.05) is 13.7 Å². The second kappa shape index (κ2) is 8.70. The van der Waals surface area contributed by atoms with E-state index in [0.29, 0.717) is 31.2 Å². The van der Waals surface area contributed by atoms with Crippen molar-refractivity contribution in [3.05, 3.63) is 70.5 Å². The molecular weight excluding hydrogens is 361 g/mol. The Kier molecular flexibility index (Phi) is 6.62. The van der Waals surface area contributed by atoms with Gasteiger partial charge in [-0.25, -0.2) is 4.39 Å². The minimum absolute atomic E-state index is 0.225. The van der Waals surface area contributed by atoms with Crippen LogP contribution in [0.1, 0.15) is 11.1 Å². The predicted octanol–water partition coefficient (Wildman–Crippen LogP) is 4.45. The van der Waals surface area contributed by atoms with Crippen molar-refractivity contribution in [2.45, 2.75) is 13.1 Å². The highest BCUT2D eigenvalue weighted by molar-refractivity contribution is 9.10. The van der Waals surface area contributed by atoms with E-state index in [2.05, 4.69) is 27.8 Å². The molecule has 0 atom stereocenters. The normalized spacial score (nSPS) is 10.4. The van der Waals surface area contributed by atoms with Crippen LogP contribution in [-0.2, 0) is 13.1 Å². The van der Waals surface area contributed by atoms with Crippen LogP contribution in [0, 0.1) is 5.82 Å². The molecule has 0 aromatic heterocycles. The highest BCUT2D eigenvalue weighted by Gasteiger charge is 2.11. The fraction of sp³-hybridized carbons (Fsp3) is 0.222. The molecule has 3 nitrogen and oxygen atoms in total. The lowest BCUT2D eigenvalue weighted by Gasteiger charge is -2.14. The van der Waals surface area contributed by atoms with E-state index in [9.17, 15) is 4.39 Å². The zero-order chi connectivity index (χ0) is 16.7. The van der Waals surface area contributed by atoms with Gasteiger partial charge in [-0.15, -0.1) is 0 Å². The van der Waals surface area contributed by atoms with Crippen LogP contribution < -0.4 is 14.8 Å². The number of hydrogen-bond acceptors (Lipinski definition) is 3. The molecule has 0 aliphatic carbocycles. The number of ether oxygens (including phenoxy) is 2. The van der Waals surface area contributed by atoms with Gasteiger partial charge >= 0.3 is 0 Å². The molecule has 0 aliphatic heterocycles. The van der Waals surface area contributed by atoms with E-state index in [1.807, 2.05) is 12.1 Å². The third-order valence-electron chi connectivity index (χ3n) is 3.21. The van der Waals surface area contributed by atoms with Gasteiger partial charge in [0.15, 0.2) is 11.5 Å². The molecule has 1 N–H and O–H groups in total. The molecule has 2 rings (SSSR count). The van der Waals surface area contributed by atoms with E-state index in [1.54, 1.807) is 25.3 Å². The quantitative estimate of drug-likeness (QED) is 0.687. The van der Waals surface area contributed by atoms with Gasteiger partial charge in [0.25, 0.3) is 0 Å². The highest BCUT2D eigenvalue weighted by atomic mass is 79.9. The Morgan fingerprint density at radius 2 is 1.87 bits per heavy atom. The maximum Gasteiger partial charge on any atom is 0.175 e. The smallest absolute Gasteiger partial charge is 0.175 e. The Bertz CT molecular complexity index is 659. The van der Waals surface area contributed by atoms with Gasteiger partial charge in [0.1, 0.15) is 12.4 Å². The van der Waals surface area contributed by atoms with Gasteiger partial charge in [-0.05, 0) is 51.3 Å². The van der Waals surface area contributed by atoms with Gasteiger partial charge in [-0.1, -0.05) is 24.8 Å². The Morgan fingerprint density at radius 3 is 2.52 bits per heavy atom. The average molecular weight is 380 g/mol. The van der Waals surface area contributed by atoms with Gasteiger partial charge in [0.2, 0.25) is 0 Å². The molecule has 2 aromatic carbocycles. The lowest BCUT2D eigenvalue weighted by Crippen LogP contribution is -2.13. The van der Waals surface area contributed by atoms with E-state index in [4.69, 9.17) is 9.47 Å². The summed E-state index contributed by atoms with van der Waals surface area (Å²) in [7, 11) is 1.61. The third-order valence-corrected chi connectivity index (χ3v) is 3.80. The number of methoxy groups -OCH3 is 1. The lowest BCUT2D eigenvalue weighted by atomic mass is 10.2. The van der Waals surface area contributed by atoms with Crippen LogP contribution in [0.15, 0.2) is 53.5 Å². The van der Waals surface area contributed by atoms with Gasteiger partial charge in [-0.3, -0.25) is 0 Å². The molecule has 2 aromatic rings. The molecule has 0 radical (unpaired) electrons. The maximum absolute atomic E-state index is 12.9. The largest absolute Gasteiger partial charge is 0.493 e. The summed E-state index contributed by atoms with van der Waals surface area (Å²) in [5, 5.41) is 3.32. The summed E-state index contributed by atoms with van der Waals surface area (Å²) in [5.41, 5.74) is 2.09. The summed E-state index contributed by atoms with van der Waals surface area (Å²) in [6.07, 6.45) is 1.68. The van der Waals surface area contributed by atoms with Crippen molar-refractivity contribution < 1.29 is 13.9 Å². The Balaban J connectivity index is 2.00. The Hall–Kier alpha value is -1.85. The molecule has 0 fully saturated rings. The van der Waals surface area contributed by atoms with E-state index >= 15 is 0 Å². The van der Waals surface area contributed by atoms with Crippen LogP contribution in [0.5, 0.6) is 11.5 Å². The fourth-order valence-corrected chi connectivity index (χ4v) is 2.71. The minimum atomic E-state index is -0.225. The van der Waals surface area contributed by atoms with Crippen molar-refractivity contribution in [1.82, 2.24) is 5.32 Å². The predicted molar refractivity (Wildman–Crippen MR) is 93.3 cm³/mol. The summed E-state index contributed by atoms with van der Waals surface area (Å²) in [6, 6.07) is 10.4. The molecule has 0 bridgehead atoms.